The Kier molecular flexibility index (Phi) is 6.44. The highest BCUT2D eigenvalue weighted by atomic mass is 16.3. The summed E-state index contributed by atoms with van der Waals surface area (Å²) in [5, 5.41) is 3.05. The highest BCUT2D eigenvalue weighted by Gasteiger charge is 2.15. The molecule has 4 heteroatoms. The monoisotopic (exact) mass is 362 g/mol. The Morgan fingerprint density at radius 3 is 2.30 bits per heavy atom. The van der Waals surface area contributed by atoms with E-state index in [1.54, 1.807) is 0 Å². The van der Waals surface area contributed by atoms with Crippen molar-refractivity contribution in [2.75, 3.05) is 20.6 Å². The van der Waals surface area contributed by atoms with Gasteiger partial charge in [-0.1, -0.05) is 60.7 Å². The Hall–Kier alpha value is -2.85. The summed E-state index contributed by atoms with van der Waals surface area (Å²) in [4.78, 5) is 14.4. The Balaban J connectivity index is 1.50. The standard InChI is InChI=1S/C23H26N2O2/c1-25(2)21(18-9-5-3-6-10-18)17-24-23(26)16-14-20-13-15-22(27-20)19-11-7-4-8-12-19/h3-13,15,21H,14,16-17H2,1-2H3,(H,24,26). The number of hydrogen-bond donors (Lipinski definition) is 1. The molecule has 2 aromatic carbocycles. The Bertz CT molecular complexity index is 841. The molecule has 0 bridgehead atoms. The van der Waals surface area contributed by atoms with Crippen molar-refractivity contribution in [3.8, 4) is 11.3 Å². The summed E-state index contributed by atoms with van der Waals surface area (Å²) in [6.45, 7) is 0.587. The molecule has 140 valence electrons. The summed E-state index contributed by atoms with van der Waals surface area (Å²) in [5.41, 5.74) is 2.24. The Morgan fingerprint density at radius 1 is 0.963 bits per heavy atom. The first-order valence-corrected chi connectivity index (χ1v) is 9.25. The number of furan rings is 1. The van der Waals surface area contributed by atoms with Crippen LogP contribution in [0.4, 0.5) is 0 Å². The molecule has 1 N–H and O–H groups in total. The average molecular weight is 362 g/mol. The zero-order valence-corrected chi connectivity index (χ0v) is 15.9. The summed E-state index contributed by atoms with van der Waals surface area (Å²) < 4.78 is 5.87. The third kappa shape index (κ3) is 5.31. The highest BCUT2D eigenvalue weighted by Crippen LogP contribution is 2.22. The maximum Gasteiger partial charge on any atom is 0.220 e. The molecule has 1 atom stereocenters. The molecule has 4 nitrogen and oxygen atoms in total. The zero-order valence-electron chi connectivity index (χ0n) is 15.9. The van der Waals surface area contributed by atoms with Crippen molar-refractivity contribution in [1.29, 1.82) is 0 Å². The summed E-state index contributed by atoms with van der Waals surface area (Å²) in [5.74, 6) is 1.70. The molecule has 1 unspecified atom stereocenters. The van der Waals surface area contributed by atoms with Gasteiger partial charge >= 0.3 is 0 Å². The number of benzene rings is 2. The molecule has 1 amide bonds. The van der Waals surface area contributed by atoms with E-state index >= 15 is 0 Å². The lowest BCUT2D eigenvalue weighted by molar-refractivity contribution is -0.121. The van der Waals surface area contributed by atoms with Gasteiger partial charge < -0.3 is 14.6 Å². The molecule has 0 aliphatic heterocycles. The molecule has 0 saturated carbocycles. The third-order valence-electron chi connectivity index (χ3n) is 4.62. The molecular formula is C23H26N2O2. The first-order chi connectivity index (χ1) is 13.1. The van der Waals surface area contributed by atoms with Gasteiger partial charge in [-0.25, -0.2) is 0 Å². The van der Waals surface area contributed by atoms with Crippen molar-refractivity contribution in [2.24, 2.45) is 0 Å². The minimum atomic E-state index is 0.0374. The van der Waals surface area contributed by atoms with Gasteiger partial charge in [0.15, 0.2) is 0 Å². The lowest BCUT2D eigenvalue weighted by Crippen LogP contribution is -2.34. The van der Waals surface area contributed by atoms with Gasteiger partial charge in [0, 0.05) is 24.9 Å². The number of nitrogens with one attached hydrogen (secondary N) is 1. The van der Waals surface area contributed by atoms with Crippen LogP contribution in [0.3, 0.4) is 0 Å². The topological polar surface area (TPSA) is 45.5 Å². The van der Waals surface area contributed by atoms with E-state index in [-0.39, 0.29) is 11.9 Å². The van der Waals surface area contributed by atoms with E-state index in [2.05, 4.69) is 22.3 Å². The molecule has 1 aromatic heterocycles. The first-order valence-electron chi connectivity index (χ1n) is 9.25. The second kappa shape index (κ2) is 9.19. The SMILES string of the molecule is CN(C)C(CNC(=O)CCc1ccc(-c2ccccc2)o1)c1ccccc1. The average Bonchev–Trinajstić information content (AvgIpc) is 3.17. The number of carbonyl (C=O) groups excluding carboxylic acids is 1. The Morgan fingerprint density at radius 2 is 1.63 bits per heavy atom. The fraction of sp³-hybridized carbons (Fsp3) is 0.261. The van der Waals surface area contributed by atoms with Crippen LogP contribution >= 0.6 is 0 Å². The van der Waals surface area contributed by atoms with Crippen LogP contribution < -0.4 is 5.32 Å². The van der Waals surface area contributed by atoms with Crippen LogP contribution in [0.2, 0.25) is 0 Å². The molecule has 0 fully saturated rings. The van der Waals surface area contributed by atoms with Crippen LogP contribution in [0, 0.1) is 0 Å². The molecular weight excluding hydrogens is 336 g/mol. The quantitative estimate of drug-likeness (QED) is 0.650. The minimum absolute atomic E-state index is 0.0374. The number of rotatable bonds is 8. The second-order valence-corrected chi connectivity index (χ2v) is 6.83. The molecule has 27 heavy (non-hydrogen) atoms. The molecule has 3 aromatic rings. The largest absolute Gasteiger partial charge is 0.461 e. The number of amides is 1. The minimum Gasteiger partial charge on any atom is -0.461 e. The van der Waals surface area contributed by atoms with Crippen LogP contribution in [0.5, 0.6) is 0 Å². The molecule has 0 aliphatic carbocycles. The number of aryl methyl sites for hydroxylation is 1. The first kappa shape index (κ1) is 18.9. The number of likely N-dealkylation sites (N-methyl/N-ethyl adjacent to an activating group) is 1. The van der Waals surface area contributed by atoms with Gasteiger partial charge in [-0.05, 0) is 31.8 Å². The molecule has 0 saturated heterocycles. The van der Waals surface area contributed by atoms with Crippen molar-refractivity contribution in [3.05, 3.63) is 84.1 Å². The van der Waals surface area contributed by atoms with Gasteiger partial charge in [-0.2, -0.15) is 0 Å². The number of nitrogens with zero attached hydrogens (tertiary/aromatic N) is 1. The maximum atomic E-state index is 12.3. The predicted octanol–water partition coefficient (Wildman–Crippen LogP) is 4.30. The Labute approximate surface area is 160 Å². The van der Waals surface area contributed by atoms with Crippen molar-refractivity contribution in [1.82, 2.24) is 10.2 Å². The summed E-state index contributed by atoms with van der Waals surface area (Å²) in [6.07, 6.45) is 1.01. The van der Waals surface area contributed by atoms with E-state index in [9.17, 15) is 4.79 Å². The van der Waals surface area contributed by atoms with Gasteiger partial charge in [0.2, 0.25) is 5.91 Å². The van der Waals surface area contributed by atoms with Crippen LogP contribution in [-0.4, -0.2) is 31.4 Å². The van der Waals surface area contributed by atoms with Crippen LogP contribution in [-0.2, 0) is 11.2 Å². The van der Waals surface area contributed by atoms with Gasteiger partial charge in [-0.15, -0.1) is 0 Å². The molecule has 0 aliphatic rings. The number of hydrogen-bond acceptors (Lipinski definition) is 3. The van der Waals surface area contributed by atoms with Crippen molar-refractivity contribution < 1.29 is 9.21 Å². The summed E-state index contributed by atoms with van der Waals surface area (Å²) in [6, 6.07) is 24.3. The van der Waals surface area contributed by atoms with E-state index < -0.39 is 0 Å². The van der Waals surface area contributed by atoms with Crippen LogP contribution in [0.15, 0.2) is 77.2 Å². The maximum absolute atomic E-state index is 12.3. The fourth-order valence-electron chi connectivity index (χ4n) is 3.08. The van der Waals surface area contributed by atoms with E-state index in [0.717, 1.165) is 17.1 Å². The highest BCUT2D eigenvalue weighted by molar-refractivity contribution is 5.76. The second-order valence-electron chi connectivity index (χ2n) is 6.83. The van der Waals surface area contributed by atoms with E-state index in [1.165, 1.54) is 5.56 Å². The predicted molar refractivity (Wildman–Crippen MR) is 108 cm³/mol. The van der Waals surface area contributed by atoms with Crippen LogP contribution in [0.25, 0.3) is 11.3 Å². The van der Waals surface area contributed by atoms with Crippen LogP contribution in [0.1, 0.15) is 23.8 Å². The van der Waals surface area contributed by atoms with Crippen molar-refractivity contribution in [2.45, 2.75) is 18.9 Å². The smallest absolute Gasteiger partial charge is 0.220 e. The molecule has 1 heterocycles. The lowest BCUT2D eigenvalue weighted by atomic mass is 10.1. The van der Waals surface area contributed by atoms with Gasteiger partial charge in [0.1, 0.15) is 11.5 Å². The fourth-order valence-corrected chi connectivity index (χ4v) is 3.08. The summed E-state index contributed by atoms with van der Waals surface area (Å²) >= 11 is 0. The zero-order chi connectivity index (χ0) is 19.1. The summed E-state index contributed by atoms with van der Waals surface area (Å²) in [7, 11) is 4.05. The van der Waals surface area contributed by atoms with Crippen molar-refractivity contribution in [3.63, 3.8) is 0 Å². The van der Waals surface area contributed by atoms with Gasteiger partial charge in [-0.3, -0.25) is 4.79 Å². The normalized spacial score (nSPS) is 12.1. The van der Waals surface area contributed by atoms with E-state index in [0.29, 0.717) is 19.4 Å². The molecule has 0 spiro atoms. The van der Waals surface area contributed by atoms with Gasteiger partial charge in [0.05, 0.1) is 6.04 Å². The lowest BCUT2D eigenvalue weighted by Gasteiger charge is -2.25. The number of carbonyl (C=O) groups is 1. The molecule has 3 rings (SSSR count). The third-order valence-corrected chi connectivity index (χ3v) is 4.62. The van der Waals surface area contributed by atoms with Gasteiger partial charge in [0.25, 0.3) is 0 Å². The van der Waals surface area contributed by atoms with E-state index in [1.807, 2.05) is 74.8 Å². The van der Waals surface area contributed by atoms with Crippen molar-refractivity contribution >= 4 is 5.91 Å². The molecule has 0 radical (unpaired) electrons. The van der Waals surface area contributed by atoms with E-state index in [4.69, 9.17) is 4.42 Å².